The maximum atomic E-state index is 13.3. The van der Waals surface area contributed by atoms with Crippen molar-refractivity contribution in [3.8, 4) is 5.75 Å². The number of imidazole rings is 1. The molecule has 3 rings (SSSR count). The molecule has 6 heteroatoms. The van der Waals surface area contributed by atoms with Gasteiger partial charge in [0.1, 0.15) is 23.4 Å². The third kappa shape index (κ3) is 4.41. The van der Waals surface area contributed by atoms with Gasteiger partial charge >= 0.3 is 0 Å². The van der Waals surface area contributed by atoms with Gasteiger partial charge in [0.15, 0.2) is 0 Å². The van der Waals surface area contributed by atoms with E-state index in [4.69, 9.17) is 4.74 Å². The van der Waals surface area contributed by atoms with E-state index in [1.807, 2.05) is 35.9 Å². The lowest BCUT2D eigenvalue weighted by Crippen LogP contribution is -2.29. The highest BCUT2D eigenvalue weighted by molar-refractivity contribution is 5.92. The molecular formula is C21H20FN3O2. The molecule has 0 aliphatic rings. The van der Waals surface area contributed by atoms with Gasteiger partial charge in [-0.05, 0) is 29.8 Å². The Balaban J connectivity index is 1.84. The number of nitrogens with zero attached hydrogens (tertiary/aromatic N) is 2. The maximum absolute atomic E-state index is 13.3. The van der Waals surface area contributed by atoms with Crippen LogP contribution in [0.1, 0.15) is 23.0 Å². The Kier molecular flexibility index (Phi) is 5.66. The number of nitrogens with one attached hydrogen (secondary N) is 1. The van der Waals surface area contributed by atoms with E-state index in [-0.39, 0.29) is 11.7 Å². The molecule has 2 aromatic carbocycles. The first-order valence-corrected chi connectivity index (χ1v) is 8.43. The van der Waals surface area contributed by atoms with E-state index < -0.39 is 6.04 Å². The predicted octanol–water partition coefficient (Wildman–Crippen LogP) is 3.49. The van der Waals surface area contributed by atoms with Gasteiger partial charge in [-0.2, -0.15) is 0 Å². The molecule has 1 unspecified atom stereocenters. The van der Waals surface area contributed by atoms with Gasteiger partial charge in [-0.25, -0.2) is 9.37 Å². The Morgan fingerprint density at radius 2 is 1.96 bits per heavy atom. The number of aromatic nitrogens is 2. The maximum Gasteiger partial charge on any atom is 0.244 e. The second kappa shape index (κ2) is 8.31. The monoisotopic (exact) mass is 365 g/mol. The Hall–Kier alpha value is -3.41. The van der Waals surface area contributed by atoms with Crippen LogP contribution < -0.4 is 10.1 Å². The molecule has 0 bridgehead atoms. The number of hydrogen-bond acceptors (Lipinski definition) is 3. The van der Waals surface area contributed by atoms with Crippen molar-refractivity contribution in [3.05, 3.63) is 89.8 Å². The molecule has 1 N–H and O–H groups in total. The van der Waals surface area contributed by atoms with E-state index in [1.165, 1.54) is 18.2 Å². The third-order valence-electron chi connectivity index (χ3n) is 4.16. The Bertz CT molecular complexity index is 948. The Morgan fingerprint density at radius 3 is 2.63 bits per heavy atom. The number of methoxy groups -OCH3 is 1. The van der Waals surface area contributed by atoms with Crippen molar-refractivity contribution in [3.63, 3.8) is 0 Å². The summed E-state index contributed by atoms with van der Waals surface area (Å²) in [4.78, 5) is 16.8. The van der Waals surface area contributed by atoms with Crippen LogP contribution in [0.25, 0.3) is 6.08 Å². The SMILES string of the molecule is COc1ccccc1/C=C/C(=O)NC(c1ccc(F)cc1)c1nccn1C. The predicted molar refractivity (Wildman–Crippen MR) is 102 cm³/mol. The highest BCUT2D eigenvalue weighted by Crippen LogP contribution is 2.22. The second-order valence-electron chi connectivity index (χ2n) is 5.96. The van der Waals surface area contributed by atoms with Crippen molar-refractivity contribution >= 4 is 12.0 Å². The normalized spacial score (nSPS) is 12.1. The lowest BCUT2D eigenvalue weighted by Gasteiger charge is -2.18. The van der Waals surface area contributed by atoms with Gasteiger partial charge in [0.2, 0.25) is 5.91 Å². The minimum atomic E-state index is -0.500. The van der Waals surface area contributed by atoms with E-state index >= 15 is 0 Å². The van der Waals surface area contributed by atoms with Gasteiger partial charge < -0.3 is 14.6 Å². The second-order valence-corrected chi connectivity index (χ2v) is 5.96. The molecule has 138 valence electrons. The van der Waals surface area contributed by atoms with E-state index in [0.717, 1.165) is 11.1 Å². The highest BCUT2D eigenvalue weighted by Gasteiger charge is 2.20. The van der Waals surface area contributed by atoms with Crippen molar-refractivity contribution in [2.45, 2.75) is 6.04 Å². The zero-order valence-electron chi connectivity index (χ0n) is 15.1. The smallest absolute Gasteiger partial charge is 0.244 e. The molecule has 1 amide bonds. The van der Waals surface area contributed by atoms with Crippen LogP contribution in [0.15, 0.2) is 67.0 Å². The molecule has 1 aromatic heterocycles. The molecule has 0 spiro atoms. The first kappa shape index (κ1) is 18.4. The number of rotatable bonds is 6. The number of ether oxygens (including phenoxy) is 1. The highest BCUT2D eigenvalue weighted by atomic mass is 19.1. The fraction of sp³-hybridized carbons (Fsp3) is 0.143. The van der Waals surface area contributed by atoms with Crippen molar-refractivity contribution in [2.24, 2.45) is 7.05 Å². The summed E-state index contributed by atoms with van der Waals surface area (Å²) >= 11 is 0. The zero-order valence-corrected chi connectivity index (χ0v) is 15.1. The van der Waals surface area contributed by atoms with Crippen LogP contribution in [0.2, 0.25) is 0 Å². The summed E-state index contributed by atoms with van der Waals surface area (Å²) in [6, 6.07) is 12.9. The lowest BCUT2D eigenvalue weighted by molar-refractivity contribution is -0.117. The fourth-order valence-electron chi connectivity index (χ4n) is 2.77. The fourth-order valence-corrected chi connectivity index (χ4v) is 2.77. The molecule has 0 saturated carbocycles. The van der Waals surface area contributed by atoms with Gasteiger partial charge in [-0.15, -0.1) is 0 Å². The summed E-state index contributed by atoms with van der Waals surface area (Å²) in [5.74, 6) is 0.708. The van der Waals surface area contributed by atoms with Crippen LogP contribution in [0.5, 0.6) is 5.75 Å². The van der Waals surface area contributed by atoms with Crippen molar-refractivity contribution < 1.29 is 13.9 Å². The first-order chi connectivity index (χ1) is 13.1. The molecule has 5 nitrogen and oxygen atoms in total. The molecule has 1 atom stereocenters. The minimum absolute atomic E-state index is 0.293. The largest absolute Gasteiger partial charge is 0.496 e. The summed E-state index contributed by atoms with van der Waals surface area (Å²) in [6.45, 7) is 0. The number of halogens is 1. The molecule has 0 saturated heterocycles. The number of aryl methyl sites for hydroxylation is 1. The van der Waals surface area contributed by atoms with Crippen molar-refractivity contribution in [1.29, 1.82) is 0 Å². The average molecular weight is 365 g/mol. The molecule has 0 fully saturated rings. The topological polar surface area (TPSA) is 56.1 Å². The van der Waals surface area contributed by atoms with E-state index in [2.05, 4.69) is 10.3 Å². The average Bonchev–Trinajstić information content (AvgIpc) is 3.11. The van der Waals surface area contributed by atoms with Crippen LogP contribution in [-0.4, -0.2) is 22.6 Å². The van der Waals surface area contributed by atoms with Crippen LogP contribution in [0.3, 0.4) is 0 Å². The van der Waals surface area contributed by atoms with E-state index in [9.17, 15) is 9.18 Å². The van der Waals surface area contributed by atoms with Crippen molar-refractivity contribution in [1.82, 2.24) is 14.9 Å². The zero-order chi connectivity index (χ0) is 19.2. The van der Waals surface area contributed by atoms with Gasteiger partial charge in [-0.1, -0.05) is 30.3 Å². The minimum Gasteiger partial charge on any atom is -0.496 e. The van der Waals surface area contributed by atoms with Gasteiger partial charge in [0.25, 0.3) is 0 Å². The van der Waals surface area contributed by atoms with Crippen LogP contribution >= 0.6 is 0 Å². The summed E-state index contributed by atoms with van der Waals surface area (Å²) in [5.41, 5.74) is 1.54. The van der Waals surface area contributed by atoms with Gasteiger partial charge in [-0.3, -0.25) is 4.79 Å². The van der Waals surface area contributed by atoms with Crippen LogP contribution in [0, 0.1) is 5.82 Å². The standard InChI is InChI=1S/C21H20FN3O2/c1-25-14-13-23-21(25)20(16-7-10-17(22)11-8-16)24-19(26)12-9-15-5-3-4-6-18(15)27-2/h3-14,20H,1-2H3,(H,24,26)/b12-9+. The number of amides is 1. The Labute approximate surface area is 157 Å². The Morgan fingerprint density at radius 1 is 1.22 bits per heavy atom. The first-order valence-electron chi connectivity index (χ1n) is 8.43. The quantitative estimate of drug-likeness (QED) is 0.681. The molecule has 0 aliphatic carbocycles. The number of para-hydroxylation sites is 1. The summed E-state index contributed by atoms with van der Waals surface area (Å²) < 4.78 is 20.4. The van der Waals surface area contributed by atoms with Gasteiger partial charge in [0.05, 0.1) is 7.11 Å². The molecular weight excluding hydrogens is 345 g/mol. The number of carbonyl (C=O) groups excluding carboxylic acids is 1. The summed E-state index contributed by atoms with van der Waals surface area (Å²) in [7, 11) is 3.42. The molecule has 0 radical (unpaired) electrons. The lowest BCUT2D eigenvalue weighted by atomic mass is 10.1. The van der Waals surface area contributed by atoms with Gasteiger partial charge in [0, 0.05) is 31.1 Å². The molecule has 3 aromatic rings. The number of hydrogen-bond donors (Lipinski definition) is 1. The number of carbonyl (C=O) groups is 1. The third-order valence-corrected chi connectivity index (χ3v) is 4.16. The van der Waals surface area contributed by atoms with E-state index in [1.54, 1.807) is 37.7 Å². The van der Waals surface area contributed by atoms with Crippen LogP contribution in [-0.2, 0) is 11.8 Å². The molecule has 0 aliphatic heterocycles. The number of benzene rings is 2. The summed E-state index contributed by atoms with van der Waals surface area (Å²) in [6.07, 6.45) is 6.58. The summed E-state index contributed by atoms with van der Waals surface area (Å²) in [5, 5.41) is 2.93. The van der Waals surface area contributed by atoms with Crippen molar-refractivity contribution in [2.75, 3.05) is 7.11 Å². The molecule has 27 heavy (non-hydrogen) atoms. The van der Waals surface area contributed by atoms with E-state index in [0.29, 0.717) is 11.6 Å². The molecule has 1 heterocycles. The van der Waals surface area contributed by atoms with Crippen LogP contribution in [0.4, 0.5) is 4.39 Å².